The van der Waals surface area contributed by atoms with Crippen LogP contribution in [0.4, 0.5) is 5.69 Å². The van der Waals surface area contributed by atoms with Gasteiger partial charge < -0.3 is 19.3 Å². The Kier molecular flexibility index (Phi) is 8.78. The average molecular weight is 578 g/mol. The molecule has 0 heterocycles. The second-order valence-corrected chi connectivity index (χ2v) is 9.93. The maximum absolute atomic E-state index is 13.5. The van der Waals surface area contributed by atoms with Gasteiger partial charge in [-0.05, 0) is 57.9 Å². The van der Waals surface area contributed by atoms with Gasteiger partial charge in [-0.25, -0.2) is 13.8 Å². The summed E-state index contributed by atoms with van der Waals surface area (Å²) in [5.74, 6) is 0.0347. The summed E-state index contributed by atoms with van der Waals surface area (Å²) in [6, 6.07) is 15.4. The van der Waals surface area contributed by atoms with Crippen molar-refractivity contribution in [2.24, 2.45) is 5.10 Å². The summed E-state index contributed by atoms with van der Waals surface area (Å²) in [5, 5.41) is 13.8. The van der Waals surface area contributed by atoms with E-state index in [-0.39, 0.29) is 27.8 Å². The van der Waals surface area contributed by atoms with Crippen LogP contribution in [0.1, 0.15) is 5.56 Å². The molecule has 0 aliphatic carbocycles. The number of nitrogens with one attached hydrogen (secondary N) is 1. The van der Waals surface area contributed by atoms with E-state index in [1.165, 1.54) is 51.8 Å². The summed E-state index contributed by atoms with van der Waals surface area (Å²) in [5.41, 5.74) is 2.96. The number of benzene rings is 3. The Morgan fingerprint density at radius 1 is 1.03 bits per heavy atom. The zero-order valence-electron chi connectivity index (χ0n) is 19.6. The smallest absolute Gasteiger partial charge is 0.264 e. The second kappa shape index (κ2) is 11.8. The van der Waals surface area contributed by atoms with E-state index in [4.69, 9.17) is 14.2 Å². The topological polar surface area (TPSA) is 127 Å². The number of amides is 1. The van der Waals surface area contributed by atoms with Gasteiger partial charge in [0.1, 0.15) is 18.0 Å². The first kappa shape index (κ1) is 26.8. The van der Waals surface area contributed by atoms with Gasteiger partial charge in [-0.2, -0.15) is 5.10 Å². The Bertz CT molecular complexity index is 1370. The Morgan fingerprint density at radius 3 is 2.36 bits per heavy atom. The molecule has 0 radical (unpaired) electrons. The van der Waals surface area contributed by atoms with Crippen molar-refractivity contribution in [2.45, 2.75) is 4.90 Å². The van der Waals surface area contributed by atoms with Crippen LogP contribution in [0, 0.1) is 0 Å². The standard InChI is InChI=1S/C24H24BrN3O7S/c1-33-17-9-10-21(34-2)20(13-17)28(36(31,32)18-7-5-4-6-8-18)15-23(29)27-26-14-16-11-19(25)24(30)22(12-16)35-3/h4-14,30H,15H2,1-3H3,(H,27,29)/b26-14-. The van der Waals surface area contributed by atoms with Crippen molar-refractivity contribution in [3.63, 3.8) is 0 Å². The lowest BCUT2D eigenvalue weighted by atomic mass is 10.2. The molecule has 12 heteroatoms. The van der Waals surface area contributed by atoms with Gasteiger partial charge in [0.15, 0.2) is 11.5 Å². The number of carbonyl (C=O) groups excluding carboxylic acids is 1. The van der Waals surface area contributed by atoms with E-state index in [9.17, 15) is 18.3 Å². The third-order valence-electron chi connectivity index (χ3n) is 4.95. The lowest BCUT2D eigenvalue weighted by molar-refractivity contribution is -0.119. The van der Waals surface area contributed by atoms with Crippen molar-refractivity contribution in [2.75, 3.05) is 32.2 Å². The zero-order chi connectivity index (χ0) is 26.3. The predicted octanol–water partition coefficient (Wildman–Crippen LogP) is 3.53. The number of phenols is 1. The number of aromatic hydroxyl groups is 1. The molecule has 0 aromatic heterocycles. The molecule has 0 unspecified atom stereocenters. The molecule has 190 valence electrons. The van der Waals surface area contributed by atoms with Crippen LogP contribution in [-0.2, 0) is 14.8 Å². The van der Waals surface area contributed by atoms with Gasteiger partial charge in [0.05, 0.1) is 42.6 Å². The van der Waals surface area contributed by atoms with Crippen LogP contribution in [0.3, 0.4) is 0 Å². The summed E-state index contributed by atoms with van der Waals surface area (Å²) in [6.07, 6.45) is 1.33. The fraction of sp³-hybridized carbons (Fsp3) is 0.167. The van der Waals surface area contributed by atoms with Crippen molar-refractivity contribution in [1.82, 2.24) is 5.43 Å². The molecular weight excluding hydrogens is 554 g/mol. The van der Waals surface area contributed by atoms with Crippen LogP contribution in [-0.4, -0.2) is 53.5 Å². The lowest BCUT2D eigenvalue weighted by Gasteiger charge is -2.25. The summed E-state index contributed by atoms with van der Waals surface area (Å²) < 4.78 is 44.1. The molecule has 0 atom stereocenters. The van der Waals surface area contributed by atoms with E-state index >= 15 is 0 Å². The number of nitrogens with zero attached hydrogens (tertiary/aromatic N) is 2. The molecule has 0 saturated carbocycles. The molecule has 0 spiro atoms. The van der Waals surface area contributed by atoms with Gasteiger partial charge in [0, 0.05) is 6.07 Å². The molecule has 36 heavy (non-hydrogen) atoms. The monoisotopic (exact) mass is 577 g/mol. The van der Waals surface area contributed by atoms with Crippen LogP contribution in [0.5, 0.6) is 23.0 Å². The maximum atomic E-state index is 13.5. The van der Waals surface area contributed by atoms with Crippen LogP contribution in [0.15, 0.2) is 75.1 Å². The largest absolute Gasteiger partial charge is 0.503 e. The zero-order valence-corrected chi connectivity index (χ0v) is 22.0. The molecule has 2 N–H and O–H groups in total. The highest BCUT2D eigenvalue weighted by Gasteiger charge is 2.29. The van der Waals surface area contributed by atoms with E-state index in [0.29, 0.717) is 15.8 Å². The van der Waals surface area contributed by atoms with Crippen molar-refractivity contribution in [1.29, 1.82) is 0 Å². The molecule has 0 bridgehead atoms. The fourth-order valence-electron chi connectivity index (χ4n) is 3.18. The maximum Gasteiger partial charge on any atom is 0.264 e. The highest BCUT2D eigenvalue weighted by Crippen LogP contribution is 2.36. The first-order chi connectivity index (χ1) is 17.2. The third-order valence-corrected chi connectivity index (χ3v) is 7.33. The molecular formula is C24H24BrN3O7S. The molecule has 3 aromatic rings. The predicted molar refractivity (Wildman–Crippen MR) is 139 cm³/mol. The van der Waals surface area contributed by atoms with Gasteiger partial charge in [0.25, 0.3) is 15.9 Å². The van der Waals surface area contributed by atoms with Gasteiger partial charge >= 0.3 is 0 Å². The van der Waals surface area contributed by atoms with Gasteiger partial charge in [-0.1, -0.05) is 18.2 Å². The van der Waals surface area contributed by atoms with E-state index in [0.717, 1.165) is 4.31 Å². The van der Waals surface area contributed by atoms with Crippen molar-refractivity contribution >= 4 is 43.8 Å². The van der Waals surface area contributed by atoms with Crippen molar-refractivity contribution in [3.05, 3.63) is 70.7 Å². The molecule has 10 nitrogen and oxygen atoms in total. The van der Waals surface area contributed by atoms with Crippen molar-refractivity contribution in [3.8, 4) is 23.0 Å². The summed E-state index contributed by atoms with van der Waals surface area (Å²) in [6.45, 7) is -0.597. The van der Waals surface area contributed by atoms with E-state index < -0.39 is 22.5 Å². The highest BCUT2D eigenvalue weighted by molar-refractivity contribution is 9.10. The minimum absolute atomic E-state index is 0.00721. The second-order valence-electron chi connectivity index (χ2n) is 7.21. The van der Waals surface area contributed by atoms with Crippen LogP contribution < -0.4 is 23.9 Å². The normalized spacial score (nSPS) is 11.2. The molecule has 0 aliphatic rings. The first-order valence-corrected chi connectivity index (χ1v) is 12.6. The van der Waals surface area contributed by atoms with Gasteiger partial charge in [-0.3, -0.25) is 9.10 Å². The first-order valence-electron chi connectivity index (χ1n) is 10.4. The molecule has 0 fully saturated rings. The van der Waals surface area contributed by atoms with Crippen LogP contribution >= 0.6 is 15.9 Å². The summed E-state index contributed by atoms with van der Waals surface area (Å²) >= 11 is 3.21. The number of sulfonamides is 1. The number of ether oxygens (including phenoxy) is 3. The number of hydrogen-bond acceptors (Lipinski definition) is 8. The minimum Gasteiger partial charge on any atom is -0.503 e. The van der Waals surface area contributed by atoms with Crippen molar-refractivity contribution < 1.29 is 32.5 Å². The van der Waals surface area contributed by atoms with Gasteiger partial charge in [-0.15, -0.1) is 0 Å². The minimum atomic E-state index is -4.17. The molecule has 0 aliphatic heterocycles. The number of phenolic OH excluding ortho intramolecular Hbond substituents is 1. The number of hydrazone groups is 1. The number of carbonyl (C=O) groups is 1. The Morgan fingerprint density at radius 2 is 1.72 bits per heavy atom. The number of methoxy groups -OCH3 is 3. The number of halogens is 1. The Labute approximate surface area is 217 Å². The number of rotatable bonds is 10. The average Bonchev–Trinajstić information content (AvgIpc) is 2.89. The number of hydrogen-bond donors (Lipinski definition) is 2. The van der Waals surface area contributed by atoms with Crippen LogP contribution in [0.25, 0.3) is 0 Å². The molecule has 3 rings (SSSR count). The fourth-order valence-corrected chi connectivity index (χ4v) is 5.08. The molecule has 1 amide bonds. The SMILES string of the molecule is COc1ccc(OC)c(N(CC(=O)N/N=C\c2cc(Br)c(O)c(OC)c2)S(=O)(=O)c2ccccc2)c1. The summed E-state index contributed by atoms with van der Waals surface area (Å²) in [4.78, 5) is 12.8. The van der Waals surface area contributed by atoms with Gasteiger partial charge in [0.2, 0.25) is 0 Å². The van der Waals surface area contributed by atoms with Crippen LogP contribution in [0.2, 0.25) is 0 Å². The quantitative estimate of drug-likeness (QED) is 0.279. The number of anilines is 1. The summed E-state index contributed by atoms with van der Waals surface area (Å²) in [7, 11) is 0.0729. The van der Waals surface area contributed by atoms with E-state index in [1.54, 1.807) is 36.4 Å². The Hall–Kier alpha value is -3.77. The van der Waals surface area contributed by atoms with E-state index in [1.807, 2.05) is 0 Å². The highest BCUT2D eigenvalue weighted by atomic mass is 79.9. The third kappa shape index (κ3) is 6.07. The molecule has 0 saturated heterocycles. The van der Waals surface area contributed by atoms with E-state index in [2.05, 4.69) is 26.5 Å². The lowest BCUT2D eigenvalue weighted by Crippen LogP contribution is -2.39. The Balaban J connectivity index is 1.92. The molecule has 3 aromatic carbocycles.